The minimum atomic E-state index is 0.214. The van der Waals surface area contributed by atoms with E-state index in [1.165, 1.54) is 44.3 Å². The van der Waals surface area contributed by atoms with Gasteiger partial charge in [0.25, 0.3) is 0 Å². The molecule has 0 aromatic heterocycles. The van der Waals surface area contributed by atoms with Crippen molar-refractivity contribution in [3.63, 3.8) is 0 Å². The molecule has 1 saturated heterocycles. The second-order valence-corrected chi connectivity index (χ2v) is 6.39. The molecule has 0 amide bonds. The second kappa shape index (κ2) is 4.58. The number of phenols is 1. The van der Waals surface area contributed by atoms with E-state index >= 15 is 0 Å². The molecule has 1 aliphatic heterocycles. The van der Waals surface area contributed by atoms with Gasteiger partial charge in [0.2, 0.25) is 0 Å². The summed E-state index contributed by atoms with van der Waals surface area (Å²) in [5, 5.41) is 9.67. The molecular formula is C16H23NO. The first-order valence-electron chi connectivity index (χ1n) is 7.18. The minimum Gasteiger partial charge on any atom is -0.508 e. The van der Waals surface area contributed by atoms with Gasteiger partial charge in [0, 0.05) is 18.5 Å². The summed E-state index contributed by atoms with van der Waals surface area (Å²) in [6, 6.07) is 7.84. The molecule has 2 nitrogen and oxygen atoms in total. The highest BCUT2D eigenvalue weighted by molar-refractivity contribution is 5.33. The van der Waals surface area contributed by atoms with Crippen LogP contribution in [-0.4, -0.2) is 29.6 Å². The van der Waals surface area contributed by atoms with Gasteiger partial charge >= 0.3 is 0 Å². The fourth-order valence-corrected chi connectivity index (χ4v) is 3.28. The van der Waals surface area contributed by atoms with Gasteiger partial charge in [-0.25, -0.2) is 0 Å². The van der Waals surface area contributed by atoms with Gasteiger partial charge in [-0.05, 0) is 55.8 Å². The monoisotopic (exact) mass is 245 g/mol. The van der Waals surface area contributed by atoms with E-state index in [2.05, 4.69) is 17.9 Å². The molecule has 0 spiro atoms. The third kappa shape index (κ3) is 2.54. The standard InChI is InChI=1S/C16H23NO/c1-16(14-4-2-5-15(18)10-14)8-3-9-17(12-16)11-13-6-7-13/h2,4-5,10,13,18H,3,6-9,11-12H2,1H3/t16-/m1/s1. The van der Waals surface area contributed by atoms with E-state index < -0.39 is 0 Å². The van der Waals surface area contributed by atoms with Crippen molar-refractivity contribution in [2.75, 3.05) is 19.6 Å². The number of piperidine rings is 1. The molecule has 2 aliphatic rings. The first-order chi connectivity index (χ1) is 8.66. The molecule has 1 heterocycles. The van der Waals surface area contributed by atoms with Crippen molar-refractivity contribution in [1.29, 1.82) is 0 Å². The number of rotatable bonds is 3. The van der Waals surface area contributed by atoms with Crippen molar-refractivity contribution in [3.05, 3.63) is 29.8 Å². The molecule has 1 saturated carbocycles. The largest absolute Gasteiger partial charge is 0.508 e. The molecule has 3 rings (SSSR count). The summed E-state index contributed by atoms with van der Waals surface area (Å²) in [7, 11) is 0. The van der Waals surface area contributed by atoms with E-state index in [0.717, 1.165) is 12.5 Å². The van der Waals surface area contributed by atoms with Gasteiger partial charge in [-0.2, -0.15) is 0 Å². The molecule has 1 N–H and O–H groups in total. The van der Waals surface area contributed by atoms with E-state index in [9.17, 15) is 5.11 Å². The fraction of sp³-hybridized carbons (Fsp3) is 0.625. The maximum Gasteiger partial charge on any atom is 0.115 e. The molecule has 1 aromatic rings. The van der Waals surface area contributed by atoms with Gasteiger partial charge < -0.3 is 10.0 Å². The van der Waals surface area contributed by atoms with Gasteiger partial charge in [0.05, 0.1) is 0 Å². The predicted molar refractivity (Wildman–Crippen MR) is 73.9 cm³/mol. The number of likely N-dealkylation sites (tertiary alicyclic amines) is 1. The summed E-state index contributed by atoms with van der Waals surface area (Å²) in [6.45, 7) is 6.03. The van der Waals surface area contributed by atoms with Crippen LogP contribution in [0.3, 0.4) is 0 Å². The van der Waals surface area contributed by atoms with Crippen LogP contribution in [0.5, 0.6) is 5.75 Å². The highest BCUT2D eigenvalue weighted by atomic mass is 16.3. The Morgan fingerprint density at radius 2 is 2.22 bits per heavy atom. The zero-order chi connectivity index (χ0) is 12.6. The van der Waals surface area contributed by atoms with Crippen LogP contribution in [0.1, 0.15) is 38.2 Å². The van der Waals surface area contributed by atoms with E-state index in [1.807, 2.05) is 12.1 Å². The van der Waals surface area contributed by atoms with Crippen molar-refractivity contribution < 1.29 is 5.11 Å². The van der Waals surface area contributed by atoms with Crippen molar-refractivity contribution in [1.82, 2.24) is 4.90 Å². The first-order valence-corrected chi connectivity index (χ1v) is 7.18. The minimum absolute atomic E-state index is 0.214. The van der Waals surface area contributed by atoms with Crippen LogP contribution in [0.2, 0.25) is 0 Å². The third-order valence-electron chi connectivity index (χ3n) is 4.53. The molecule has 0 bridgehead atoms. The maximum atomic E-state index is 9.67. The lowest BCUT2D eigenvalue weighted by Gasteiger charge is -2.41. The van der Waals surface area contributed by atoms with Crippen molar-refractivity contribution in [2.24, 2.45) is 5.92 Å². The van der Waals surface area contributed by atoms with E-state index in [0.29, 0.717) is 5.75 Å². The average Bonchev–Trinajstić information content (AvgIpc) is 3.13. The van der Waals surface area contributed by atoms with Crippen LogP contribution in [0.15, 0.2) is 24.3 Å². The molecule has 1 aromatic carbocycles. The number of nitrogens with zero attached hydrogens (tertiary/aromatic N) is 1. The zero-order valence-electron chi connectivity index (χ0n) is 11.2. The summed E-state index contributed by atoms with van der Waals surface area (Å²) in [6.07, 6.45) is 5.37. The van der Waals surface area contributed by atoms with Crippen molar-refractivity contribution >= 4 is 0 Å². The first kappa shape index (κ1) is 12.0. The van der Waals surface area contributed by atoms with Crippen LogP contribution in [0, 0.1) is 5.92 Å². The Balaban J connectivity index is 1.75. The summed E-state index contributed by atoms with van der Waals surface area (Å²) in [4.78, 5) is 2.63. The normalized spacial score (nSPS) is 29.4. The lowest BCUT2D eigenvalue weighted by atomic mass is 9.76. The molecule has 2 heteroatoms. The van der Waals surface area contributed by atoms with Gasteiger partial charge in [-0.3, -0.25) is 0 Å². The number of hydrogen-bond donors (Lipinski definition) is 1. The zero-order valence-corrected chi connectivity index (χ0v) is 11.2. The quantitative estimate of drug-likeness (QED) is 0.884. The lowest BCUT2D eigenvalue weighted by molar-refractivity contribution is 0.151. The Bertz CT molecular complexity index is 427. The molecule has 18 heavy (non-hydrogen) atoms. The Hall–Kier alpha value is -1.02. The van der Waals surface area contributed by atoms with Gasteiger partial charge in [-0.15, -0.1) is 0 Å². The Kier molecular flexibility index (Phi) is 3.06. The molecule has 2 fully saturated rings. The molecule has 98 valence electrons. The smallest absolute Gasteiger partial charge is 0.115 e. The number of benzene rings is 1. The average molecular weight is 245 g/mol. The van der Waals surface area contributed by atoms with Gasteiger partial charge in [0.1, 0.15) is 5.75 Å². The predicted octanol–water partition coefficient (Wildman–Crippen LogP) is 3.16. The fourth-order valence-electron chi connectivity index (χ4n) is 3.28. The molecule has 1 atom stereocenters. The topological polar surface area (TPSA) is 23.5 Å². The SMILES string of the molecule is C[C@@]1(c2cccc(O)c2)CCCN(CC2CC2)C1. The van der Waals surface area contributed by atoms with Crippen LogP contribution in [-0.2, 0) is 5.41 Å². The van der Waals surface area contributed by atoms with E-state index in [-0.39, 0.29) is 5.41 Å². The summed E-state index contributed by atoms with van der Waals surface area (Å²) in [5.41, 5.74) is 1.51. The van der Waals surface area contributed by atoms with Crippen LogP contribution < -0.4 is 0 Å². The van der Waals surface area contributed by atoms with Crippen LogP contribution in [0.25, 0.3) is 0 Å². The van der Waals surface area contributed by atoms with E-state index in [1.54, 1.807) is 6.07 Å². The number of phenolic OH excluding ortho intramolecular Hbond substituents is 1. The molecular weight excluding hydrogens is 222 g/mol. The summed E-state index contributed by atoms with van der Waals surface area (Å²) in [5.74, 6) is 1.37. The molecule has 0 radical (unpaired) electrons. The van der Waals surface area contributed by atoms with Crippen molar-refractivity contribution in [2.45, 2.75) is 38.0 Å². The molecule has 0 unspecified atom stereocenters. The highest BCUT2D eigenvalue weighted by Gasteiger charge is 2.35. The van der Waals surface area contributed by atoms with Gasteiger partial charge in [0.15, 0.2) is 0 Å². The van der Waals surface area contributed by atoms with Gasteiger partial charge in [-0.1, -0.05) is 19.1 Å². The highest BCUT2D eigenvalue weighted by Crippen LogP contribution is 2.37. The Morgan fingerprint density at radius 3 is 2.94 bits per heavy atom. The molecule has 1 aliphatic carbocycles. The Morgan fingerprint density at radius 1 is 1.39 bits per heavy atom. The third-order valence-corrected chi connectivity index (χ3v) is 4.53. The van der Waals surface area contributed by atoms with Crippen molar-refractivity contribution in [3.8, 4) is 5.75 Å². The second-order valence-electron chi connectivity index (χ2n) is 6.39. The lowest BCUT2D eigenvalue weighted by Crippen LogP contribution is -2.45. The number of hydrogen-bond acceptors (Lipinski definition) is 2. The Labute approximate surface area is 110 Å². The van der Waals surface area contributed by atoms with Crippen LogP contribution >= 0.6 is 0 Å². The summed E-state index contributed by atoms with van der Waals surface area (Å²) >= 11 is 0. The van der Waals surface area contributed by atoms with E-state index in [4.69, 9.17) is 0 Å². The maximum absolute atomic E-state index is 9.67. The number of aromatic hydroxyl groups is 1. The van der Waals surface area contributed by atoms with Crippen LogP contribution in [0.4, 0.5) is 0 Å². The summed E-state index contributed by atoms with van der Waals surface area (Å²) < 4.78 is 0.